The third-order valence-electron chi connectivity index (χ3n) is 2.56. The lowest BCUT2D eigenvalue weighted by atomic mass is 10.1. The molecule has 1 rings (SSSR count). The van der Waals surface area contributed by atoms with E-state index in [-0.39, 0.29) is 6.54 Å². The lowest BCUT2D eigenvalue weighted by Crippen LogP contribution is -2.40. The number of rotatable bonds is 5. The molecular formula is C14H19ClN2O2. The van der Waals surface area contributed by atoms with Crippen LogP contribution in [-0.2, 0) is 16.1 Å². The highest BCUT2D eigenvalue weighted by atomic mass is 35.5. The zero-order valence-electron chi connectivity index (χ0n) is 11.2. The molecule has 0 saturated carbocycles. The summed E-state index contributed by atoms with van der Waals surface area (Å²) >= 11 is 5.83. The molecule has 1 aromatic rings. The van der Waals surface area contributed by atoms with E-state index < -0.39 is 11.8 Å². The van der Waals surface area contributed by atoms with E-state index in [4.69, 9.17) is 11.6 Å². The number of hydrogen-bond donors (Lipinski definition) is 2. The summed E-state index contributed by atoms with van der Waals surface area (Å²) in [5, 5.41) is 5.74. The minimum absolute atomic E-state index is 0.289. The van der Waals surface area contributed by atoms with Crippen molar-refractivity contribution in [3.63, 3.8) is 0 Å². The van der Waals surface area contributed by atoms with Crippen LogP contribution in [0.4, 0.5) is 0 Å². The van der Waals surface area contributed by atoms with E-state index in [1.807, 2.05) is 6.07 Å². The van der Waals surface area contributed by atoms with E-state index in [1.165, 1.54) is 0 Å². The summed E-state index contributed by atoms with van der Waals surface area (Å²) in [6, 6.07) is 7.14. The van der Waals surface area contributed by atoms with Crippen molar-refractivity contribution in [2.75, 3.05) is 6.54 Å². The quantitative estimate of drug-likeness (QED) is 0.813. The van der Waals surface area contributed by atoms with Gasteiger partial charge in [0.25, 0.3) is 0 Å². The zero-order chi connectivity index (χ0) is 14.3. The molecule has 0 bridgehead atoms. The number of nitrogens with one attached hydrogen (secondary N) is 2. The van der Waals surface area contributed by atoms with Crippen molar-refractivity contribution in [1.82, 2.24) is 10.6 Å². The molecule has 0 aromatic heterocycles. The number of benzene rings is 1. The molecule has 0 aliphatic rings. The molecule has 0 fully saturated rings. The molecule has 4 nitrogen and oxygen atoms in total. The van der Waals surface area contributed by atoms with Crippen LogP contribution in [-0.4, -0.2) is 18.4 Å². The average molecular weight is 283 g/mol. The molecule has 0 atom stereocenters. The van der Waals surface area contributed by atoms with Gasteiger partial charge in [-0.05, 0) is 30.0 Å². The first-order valence-electron chi connectivity index (χ1n) is 6.29. The van der Waals surface area contributed by atoms with Gasteiger partial charge in [-0.15, -0.1) is 0 Å². The molecule has 0 radical (unpaired) electrons. The van der Waals surface area contributed by atoms with Crippen molar-refractivity contribution in [3.05, 3.63) is 34.9 Å². The van der Waals surface area contributed by atoms with Gasteiger partial charge < -0.3 is 10.6 Å². The van der Waals surface area contributed by atoms with Crippen LogP contribution in [0.2, 0.25) is 5.02 Å². The first-order valence-corrected chi connectivity index (χ1v) is 6.67. The van der Waals surface area contributed by atoms with Crippen molar-refractivity contribution < 1.29 is 9.59 Å². The maximum atomic E-state index is 11.5. The molecule has 0 aliphatic carbocycles. The highest BCUT2D eigenvalue weighted by Gasteiger charge is 2.12. The minimum Gasteiger partial charge on any atom is -0.348 e. The van der Waals surface area contributed by atoms with Gasteiger partial charge in [0.05, 0.1) is 0 Å². The van der Waals surface area contributed by atoms with E-state index in [1.54, 1.807) is 18.2 Å². The van der Waals surface area contributed by atoms with Gasteiger partial charge in [-0.25, -0.2) is 0 Å². The minimum atomic E-state index is -0.622. The van der Waals surface area contributed by atoms with Gasteiger partial charge in [0.2, 0.25) is 0 Å². The molecular weight excluding hydrogens is 264 g/mol. The van der Waals surface area contributed by atoms with Crippen molar-refractivity contribution >= 4 is 23.4 Å². The Labute approximate surface area is 118 Å². The van der Waals surface area contributed by atoms with Gasteiger partial charge >= 0.3 is 11.8 Å². The van der Waals surface area contributed by atoms with Gasteiger partial charge in [-0.3, -0.25) is 9.59 Å². The maximum Gasteiger partial charge on any atom is 0.309 e. The number of carbonyl (C=O) groups excluding carboxylic acids is 2. The molecule has 0 heterocycles. The average Bonchev–Trinajstić information content (AvgIpc) is 2.35. The topological polar surface area (TPSA) is 58.2 Å². The fourth-order valence-corrected chi connectivity index (χ4v) is 1.68. The summed E-state index contributed by atoms with van der Waals surface area (Å²) in [5.74, 6) is -0.721. The predicted molar refractivity (Wildman–Crippen MR) is 75.8 cm³/mol. The molecule has 1 aromatic carbocycles. The van der Waals surface area contributed by atoms with Crippen LogP contribution < -0.4 is 10.6 Å². The molecule has 0 saturated heterocycles. The Balaban J connectivity index is 2.32. The normalized spacial score (nSPS) is 10.3. The van der Waals surface area contributed by atoms with Crippen molar-refractivity contribution in [2.45, 2.75) is 26.8 Å². The predicted octanol–water partition coefficient (Wildman–Crippen LogP) is 2.12. The second-order valence-corrected chi connectivity index (χ2v) is 5.19. The van der Waals surface area contributed by atoms with Gasteiger partial charge in [-0.1, -0.05) is 37.6 Å². The lowest BCUT2D eigenvalue weighted by molar-refractivity contribution is -0.139. The third kappa shape index (κ3) is 6.25. The summed E-state index contributed by atoms with van der Waals surface area (Å²) in [6.45, 7) is 4.93. The summed E-state index contributed by atoms with van der Waals surface area (Å²) in [7, 11) is 0. The van der Waals surface area contributed by atoms with Crippen LogP contribution in [0.3, 0.4) is 0 Å². The number of carbonyl (C=O) groups is 2. The van der Waals surface area contributed by atoms with Gasteiger partial charge in [0.1, 0.15) is 0 Å². The summed E-state index contributed by atoms with van der Waals surface area (Å²) in [4.78, 5) is 23.0. The monoisotopic (exact) mass is 282 g/mol. The first kappa shape index (κ1) is 15.5. The summed E-state index contributed by atoms with van der Waals surface area (Å²) in [6.07, 6.45) is 0.854. The Morgan fingerprint density at radius 3 is 2.53 bits per heavy atom. The van der Waals surface area contributed by atoms with Crippen LogP contribution in [0.5, 0.6) is 0 Å². The zero-order valence-corrected chi connectivity index (χ0v) is 12.0. The number of halogens is 1. The Bertz CT molecular complexity index is 447. The van der Waals surface area contributed by atoms with Crippen molar-refractivity contribution in [3.8, 4) is 0 Å². The molecule has 5 heteroatoms. The summed E-state index contributed by atoms with van der Waals surface area (Å²) < 4.78 is 0. The van der Waals surface area contributed by atoms with E-state index in [0.29, 0.717) is 17.5 Å². The molecule has 0 unspecified atom stereocenters. The molecule has 0 aliphatic heterocycles. The second-order valence-electron chi connectivity index (χ2n) is 4.75. The highest BCUT2D eigenvalue weighted by molar-refractivity contribution is 6.35. The van der Waals surface area contributed by atoms with Crippen molar-refractivity contribution in [1.29, 1.82) is 0 Å². The standard InChI is InChI=1S/C14H19ClN2O2/c1-10(2)6-7-16-13(18)14(19)17-9-11-4-3-5-12(15)8-11/h3-5,8,10H,6-7,9H2,1-2H3,(H,16,18)(H,17,19). The Hall–Kier alpha value is -1.55. The van der Waals surface area contributed by atoms with E-state index in [0.717, 1.165) is 12.0 Å². The fraction of sp³-hybridized carbons (Fsp3) is 0.429. The highest BCUT2D eigenvalue weighted by Crippen LogP contribution is 2.10. The van der Waals surface area contributed by atoms with Crippen LogP contribution in [0, 0.1) is 5.92 Å². The van der Waals surface area contributed by atoms with Crippen LogP contribution in [0.25, 0.3) is 0 Å². The van der Waals surface area contributed by atoms with Gasteiger partial charge in [0, 0.05) is 18.1 Å². The molecule has 2 N–H and O–H groups in total. The van der Waals surface area contributed by atoms with E-state index >= 15 is 0 Å². The van der Waals surface area contributed by atoms with Gasteiger partial charge in [0.15, 0.2) is 0 Å². The summed E-state index contributed by atoms with van der Waals surface area (Å²) in [5.41, 5.74) is 0.857. The SMILES string of the molecule is CC(C)CCNC(=O)C(=O)NCc1cccc(Cl)c1. The van der Waals surface area contributed by atoms with Crippen molar-refractivity contribution in [2.24, 2.45) is 5.92 Å². The number of hydrogen-bond acceptors (Lipinski definition) is 2. The smallest absolute Gasteiger partial charge is 0.309 e. The number of amides is 2. The Kier molecular flexibility index (Phi) is 6.36. The second kappa shape index (κ2) is 7.79. The van der Waals surface area contributed by atoms with E-state index in [9.17, 15) is 9.59 Å². The molecule has 104 valence electrons. The van der Waals surface area contributed by atoms with Crippen LogP contribution in [0.1, 0.15) is 25.8 Å². The van der Waals surface area contributed by atoms with Gasteiger partial charge in [-0.2, -0.15) is 0 Å². The van der Waals surface area contributed by atoms with Crippen LogP contribution in [0.15, 0.2) is 24.3 Å². The Morgan fingerprint density at radius 1 is 1.21 bits per heavy atom. The molecule has 2 amide bonds. The maximum absolute atomic E-state index is 11.5. The fourth-order valence-electron chi connectivity index (χ4n) is 1.46. The third-order valence-corrected chi connectivity index (χ3v) is 2.79. The first-order chi connectivity index (χ1) is 8.99. The molecule has 19 heavy (non-hydrogen) atoms. The van der Waals surface area contributed by atoms with E-state index in [2.05, 4.69) is 24.5 Å². The van der Waals surface area contributed by atoms with Crippen LogP contribution >= 0.6 is 11.6 Å². The molecule has 0 spiro atoms. The Morgan fingerprint density at radius 2 is 1.89 bits per heavy atom. The largest absolute Gasteiger partial charge is 0.348 e. The lowest BCUT2D eigenvalue weighted by Gasteiger charge is -2.08.